The highest BCUT2D eigenvalue weighted by atomic mass is 16.5. The summed E-state index contributed by atoms with van der Waals surface area (Å²) in [5, 5.41) is 28.9. The van der Waals surface area contributed by atoms with Gasteiger partial charge >= 0.3 is 0 Å². The Morgan fingerprint density at radius 1 is 1.10 bits per heavy atom. The molecule has 0 radical (unpaired) electrons. The molecule has 2 aromatic carbocycles. The van der Waals surface area contributed by atoms with Crippen molar-refractivity contribution in [3.63, 3.8) is 0 Å². The second-order valence-electron chi connectivity index (χ2n) is 4.33. The lowest BCUT2D eigenvalue weighted by molar-refractivity contribution is 0.0845. The van der Waals surface area contributed by atoms with Gasteiger partial charge in [-0.25, -0.2) is 0 Å². The minimum Gasteiger partial charge on any atom is -0.508 e. The number of rotatable bonds is 1. The zero-order valence-corrected chi connectivity index (χ0v) is 10.1. The Labute approximate surface area is 120 Å². The molecule has 0 unspecified atom stereocenters. The smallest absolute Gasteiger partial charge is 0.174 e. The van der Waals surface area contributed by atoms with Crippen molar-refractivity contribution in [3.05, 3.63) is 47.4 Å². The molecule has 1 aliphatic rings. The third-order valence-corrected chi connectivity index (χ3v) is 2.94. The number of ketones is 1. The monoisotopic (exact) mass is 276 g/mol. The highest BCUT2D eigenvalue weighted by molar-refractivity contribution is 6.02. The molecule has 3 rings (SSSR count). The minimum atomic E-state index is -1.14. The number of ether oxygens (including phenoxy) is 1. The molecule has 0 aliphatic carbocycles. The van der Waals surface area contributed by atoms with E-state index < -0.39 is 47.6 Å². The van der Waals surface area contributed by atoms with Crippen LogP contribution in [0.4, 0.5) is 0 Å². The van der Waals surface area contributed by atoms with Gasteiger partial charge in [0.05, 0.1) is 11.9 Å². The molecule has 3 N–H and O–H groups in total. The van der Waals surface area contributed by atoms with Gasteiger partial charge in [-0.2, -0.15) is 0 Å². The summed E-state index contributed by atoms with van der Waals surface area (Å²) < 4.78 is 36.6. The maximum Gasteiger partial charge on any atom is 0.174 e. The van der Waals surface area contributed by atoms with Crippen LogP contribution in [0.15, 0.2) is 36.3 Å². The maximum atomic E-state index is 12.3. The second kappa shape index (κ2) is 4.45. The number of aromatic hydroxyl groups is 3. The van der Waals surface area contributed by atoms with E-state index in [-0.39, 0.29) is 29.0 Å². The zero-order valence-electron chi connectivity index (χ0n) is 14.1. The van der Waals surface area contributed by atoms with Gasteiger partial charge < -0.3 is 20.1 Å². The zero-order chi connectivity index (χ0) is 17.8. The molecule has 0 amide bonds. The number of Topliss-reactive ketones (excluding diaryl/α,β-unsaturated/α-hetero) is 1. The van der Waals surface area contributed by atoms with Crippen LogP contribution >= 0.6 is 0 Å². The Bertz CT molecular complexity index is 852. The van der Waals surface area contributed by atoms with E-state index in [1.54, 1.807) is 0 Å². The van der Waals surface area contributed by atoms with Crippen molar-refractivity contribution in [1.29, 1.82) is 0 Å². The molecule has 20 heavy (non-hydrogen) atoms. The Morgan fingerprint density at radius 3 is 2.50 bits per heavy atom. The number of carbonyl (C=O) groups is 1. The Balaban J connectivity index is 2.15. The van der Waals surface area contributed by atoms with E-state index in [9.17, 15) is 20.1 Å². The molecule has 1 atom stereocenters. The van der Waals surface area contributed by atoms with Crippen LogP contribution in [0, 0.1) is 0 Å². The molecule has 102 valence electrons. The molecule has 5 heteroatoms. The number of carbonyl (C=O) groups excluding carboxylic acids is 1. The topological polar surface area (TPSA) is 87.0 Å². The number of fused-ring (bicyclic) bond motifs is 1. The maximum absolute atomic E-state index is 12.3. The molecule has 0 fully saturated rings. The first-order valence-electron chi connectivity index (χ1n) is 7.77. The summed E-state index contributed by atoms with van der Waals surface area (Å²) in [6.07, 6.45) is -1.45. The molecule has 2 aromatic rings. The normalized spacial score (nSPS) is 20.2. The number of hydrogen-bond acceptors (Lipinski definition) is 5. The van der Waals surface area contributed by atoms with Gasteiger partial charge in [-0.15, -0.1) is 0 Å². The van der Waals surface area contributed by atoms with E-state index in [1.807, 2.05) is 0 Å². The third kappa shape index (κ3) is 2.03. The fourth-order valence-electron chi connectivity index (χ4n) is 2.06. The molecule has 0 saturated heterocycles. The predicted octanol–water partition coefficient (Wildman–Crippen LogP) is 2.51. The van der Waals surface area contributed by atoms with Crippen LogP contribution in [0.5, 0.6) is 23.0 Å². The van der Waals surface area contributed by atoms with E-state index in [2.05, 4.69) is 0 Å². The van der Waals surface area contributed by atoms with Crippen LogP contribution < -0.4 is 4.74 Å². The van der Waals surface area contributed by atoms with Gasteiger partial charge in [0.2, 0.25) is 0 Å². The van der Waals surface area contributed by atoms with Crippen LogP contribution in [0.3, 0.4) is 0 Å². The Kier molecular flexibility index (Phi) is 1.89. The highest BCUT2D eigenvalue weighted by Crippen LogP contribution is 2.41. The summed E-state index contributed by atoms with van der Waals surface area (Å²) in [4.78, 5) is 12.3. The molecule has 1 heterocycles. The summed E-state index contributed by atoms with van der Waals surface area (Å²) >= 11 is 0. The van der Waals surface area contributed by atoms with Crippen molar-refractivity contribution >= 4 is 5.78 Å². The first-order chi connectivity index (χ1) is 11.2. The lowest BCUT2D eigenvalue weighted by Gasteiger charge is -2.26. The van der Waals surface area contributed by atoms with Crippen molar-refractivity contribution in [2.24, 2.45) is 0 Å². The van der Waals surface area contributed by atoms with E-state index in [4.69, 9.17) is 10.2 Å². The van der Waals surface area contributed by atoms with Gasteiger partial charge in [0, 0.05) is 12.1 Å². The predicted molar refractivity (Wildman–Crippen MR) is 70.2 cm³/mol. The standard InChI is InChI=1S/C15H12O5/c16-9-3-1-8(2-4-9)13-7-12(19)15-11(18)5-10(17)6-14(15)20-13/h1-6,13,16-18H,7H2/t13-/m0/s1/i1D,2D,3D,4D. The van der Waals surface area contributed by atoms with Gasteiger partial charge in [0.15, 0.2) is 5.78 Å². The molecule has 0 bridgehead atoms. The summed E-state index contributed by atoms with van der Waals surface area (Å²) in [5.74, 6) is -2.20. The Hall–Kier alpha value is -2.69. The van der Waals surface area contributed by atoms with Crippen LogP contribution in [0.25, 0.3) is 0 Å². The molecule has 1 aliphatic heterocycles. The summed E-state index contributed by atoms with van der Waals surface area (Å²) in [6.45, 7) is 0. The molecular formula is C15H12O5. The van der Waals surface area contributed by atoms with Crippen LogP contribution in [-0.2, 0) is 0 Å². The molecule has 0 aromatic heterocycles. The first-order valence-corrected chi connectivity index (χ1v) is 5.77. The number of benzene rings is 2. The number of hydrogen-bond donors (Lipinski definition) is 3. The van der Waals surface area contributed by atoms with E-state index in [1.165, 1.54) is 0 Å². The van der Waals surface area contributed by atoms with Gasteiger partial charge in [-0.05, 0) is 17.6 Å². The van der Waals surface area contributed by atoms with Crippen LogP contribution in [-0.4, -0.2) is 21.1 Å². The van der Waals surface area contributed by atoms with Gasteiger partial charge in [0.1, 0.15) is 34.7 Å². The van der Waals surface area contributed by atoms with E-state index in [0.29, 0.717) is 0 Å². The van der Waals surface area contributed by atoms with Crippen LogP contribution in [0.2, 0.25) is 0 Å². The Morgan fingerprint density at radius 2 is 1.80 bits per heavy atom. The molecule has 0 spiro atoms. The average molecular weight is 276 g/mol. The minimum absolute atomic E-state index is 0.112. The first kappa shape index (κ1) is 8.47. The summed E-state index contributed by atoms with van der Waals surface area (Å²) in [7, 11) is 0. The highest BCUT2D eigenvalue weighted by Gasteiger charge is 2.30. The summed E-state index contributed by atoms with van der Waals surface area (Å²) in [6, 6.07) is -0.177. The fraction of sp³-hybridized carbons (Fsp3) is 0.133. The number of phenols is 3. The van der Waals surface area contributed by atoms with Gasteiger partial charge in [-0.1, -0.05) is 12.1 Å². The van der Waals surface area contributed by atoms with Crippen molar-refractivity contribution < 1.29 is 30.3 Å². The van der Waals surface area contributed by atoms with Crippen LogP contribution in [0.1, 0.15) is 33.9 Å². The quantitative estimate of drug-likeness (QED) is 0.745. The lowest BCUT2D eigenvalue weighted by Crippen LogP contribution is -2.20. The third-order valence-electron chi connectivity index (χ3n) is 2.94. The van der Waals surface area contributed by atoms with Gasteiger partial charge in [-0.3, -0.25) is 4.79 Å². The number of phenolic OH excluding ortho intramolecular Hbond substituents is 3. The molecule has 0 saturated carbocycles. The lowest BCUT2D eigenvalue weighted by atomic mass is 9.95. The largest absolute Gasteiger partial charge is 0.508 e. The average Bonchev–Trinajstić information content (AvgIpc) is 2.50. The second-order valence-corrected chi connectivity index (χ2v) is 4.33. The molecular weight excluding hydrogens is 260 g/mol. The van der Waals surface area contributed by atoms with Crippen molar-refractivity contribution in [2.45, 2.75) is 12.5 Å². The van der Waals surface area contributed by atoms with E-state index in [0.717, 1.165) is 12.1 Å². The van der Waals surface area contributed by atoms with Crippen molar-refractivity contribution in [1.82, 2.24) is 0 Å². The SMILES string of the molecule is [2H]c1c([2H])c([C@@H]2CC(=O)c3c(O)cc(O)cc3O2)c([2H])c([2H])c1O. The fourth-order valence-corrected chi connectivity index (χ4v) is 2.06. The van der Waals surface area contributed by atoms with Crippen molar-refractivity contribution in [2.75, 3.05) is 0 Å². The van der Waals surface area contributed by atoms with E-state index >= 15 is 0 Å². The summed E-state index contributed by atoms with van der Waals surface area (Å²) in [5.41, 5.74) is -0.289. The van der Waals surface area contributed by atoms with Gasteiger partial charge in [0.25, 0.3) is 0 Å². The molecule has 5 nitrogen and oxygen atoms in total. The van der Waals surface area contributed by atoms with Crippen molar-refractivity contribution in [3.8, 4) is 23.0 Å².